The molecule has 2 rings (SSSR count). The summed E-state index contributed by atoms with van der Waals surface area (Å²) < 4.78 is 0. The van der Waals surface area contributed by atoms with Crippen molar-refractivity contribution in [2.24, 2.45) is 0 Å². The van der Waals surface area contributed by atoms with Crippen LogP contribution in [0.3, 0.4) is 0 Å². The van der Waals surface area contributed by atoms with Crippen LogP contribution in [0.4, 0.5) is 0 Å². The second kappa shape index (κ2) is 6.29. The molecule has 0 bridgehead atoms. The van der Waals surface area contributed by atoms with Crippen LogP contribution < -0.4 is 10.6 Å². The average Bonchev–Trinajstić information content (AvgIpc) is 2.81. The molecule has 0 aliphatic carbocycles. The maximum absolute atomic E-state index is 11.9. The Morgan fingerprint density at radius 1 is 1.29 bits per heavy atom. The maximum atomic E-state index is 11.9. The summed E-state index contributed by atoms with van der Waals surface area (Å²) >= 11 is 0. The van der Waals surface area contributed by atoms with Gasteiger partial charge < -0.3 is 10.6 Å². The minimum absolute atomic E-state index is 0.0106. The van der Waals surface area contributed by atoms with Crippen molar-refractivity contribution in [3.63, 3.8) is 0 Å². The van der Waals surface area contributed by atoms with E-state index in [1.165, 1.54) is 11.1 Å². The van der Waals surface area contributed by atoms with Gasteiger partial charge in [-0.2, -0.15) is 0 Å². The van der Waals surface area contributed by atoms with Crippen LogP contribution in [-0.4, -0.2) is 24.4 Å². The Kier molecular flexibility index (Phi) is 4.66. The highest BCUT2D eigenvalue weighted by Gasteiger charge is 2.22. The molecule has 1 aliphatic rings. The molecule has 114 valence electrons. The van der Waals surface area contributed by atoms with Crippen molar-refractivity contribution in [3.8, 4) is 0 Å². The predicted octanol–water partition coefficient (Wildman–Crippen LogP) is 1.92. The number of rotatable bonds is 4. The zero-order valence-electron chi connectivity index (χ0n) is 13.0. The van der Waals surface area contributed by atoms with Crippen molar-refractivity contribution in [3.05, 3.63) is 35.4 Å². The molecular formula is C17H24N2O2. The molecule has 1 unspecified atom stereocenters. The van der Waals surface area contributed by atoms with Crippen LogP contribution in [0.2, 0.25) is 0 Å². The number of hydrogen-bond donors (Lipinski definition) is 2. The first-order valence-electron chi connectivity index (χ1n) is 7.50. The van der Waals surface area contributed by atoms with Gasteiger partial charge in [-0.1, -0.05) is 45.0 Å². The Hall–Kier alpha value is -1.84. The van der Waals surface area contributed by atoms with Gasteiger partial charge in [-0.05, 0) is 23.0 Å². The van der Waals surface area contributed by atoms with Crippen molar-refractivity contribution < 1.29 is 9.59 Å². The fourth-order valence-corrected chi connectivity index (χ4v) is 2.44. The molecule has 4 heteroatoms. The van der Waals surface area contributed by atoms with Crippen LogP contribution in [0.15, 0.2) is 24.3 Å². The van der Waals surface area contributed by atoms with E-state index in [0.717, 1.165) is 6.42 Å². The molecule has 0 aromatic heterocycles. The number of hydrogen-bond acceptors (Lipinski definition) is 2. The second-order valence-electron chi connectivity index (χ2n) is 6.72. The maximum Gasteiger partial charge on any atom is 0.222 e. The topological polar surface area (TPSA) is 58.2 Å². The smallest absolute Gasteiger partial charge is 0.222 e. The third kappa shape index (κ3) is 4.59. The highest BCUT2D eigenvalue weighted by molar-refractivity contribution is 5.82. The molecule has 1 heterocycles. The summed E-state index contributed by atoms with van der Waals surface area (Å²) in [5, 5.41) is 5.61. The number of amides is 2. The molecule has 1 fully saturated rings. The average molecular weight is 288 g/mol. The fraction of sp³-hybridized carbons (Fsp3) is 0.529. The molecule has 1 atom stereocenters. The first kappa shape index (κ1) is 15.5. The van der Waals surface area contributed by atoms with Gasteiger partial charge in [0.2, 0.25) is 11.8 Å². The van der Waals surface area contributed by atoms with Gasteiger partial charge in [-0.15, -0.1) is 0 Å². The Bertz CT molecular complexity index is 515. The first-order chi connectivity index (χ1) is 9.84. The lowest BCUT2D eigenvalue weighted by Gasteiger charge is -2.19. The third-order valence-electron chi connectivity index (χ3n) is 3.80. The lowest BCUT2D eigenvalue weighted by atomic mass is 9.86. The molecule has 1 aromatic rings. The largest absolute Gasteiger partial charge is 0.354 e. The van der Waals surface area contributed by atoms with Crippen molar-refractivity contribution >= 4 is 11.8 Å². The monoisotopic (exact) mass is 288 g/mol. The van der Waals surface area contributed by atoms with Gasteiger partial charge in [-0.3, -0.25) is 9.59 Å². The lowest BCUT2D eigenvalue weighted by molar-refractivity contribution is -0.121. The van der Waals surface area contributed by atoms with Crippen LogP contribution in [0.25, 0.3) is 0 Å². The molecular weight excluding hydrogens is 264 g/mol. The van der Waals surface area contributed by atoms with Gasteiger partial charge >= 0.3 is 0 Å². The Morgan fingerprint density at radius 3 is 2.48 bits per heavy atom. The fourth-order valence-electron chi connectivity index (χ4n) is 2.44. The Morgan fingerprint density at radius 2 is 1.95 bits per heavy atom. The molecule has 1 aromatic carbocycles. The molecule has 2 amide bonds. The predicted molar refractivity (Wildman–Crippen MR) is 83.0 cm³/mol. The van der Waals surface area contributed by atoms with Gasteiger partial charge in [0, 0.05) is 19.4 Å². The van der Waals surface area contributed by atoms with E-state index in [-0.39, 0.29) is 23.3 Å². The molecule has 4 nitrogen and oxygen atoms in total. The normalized spacial score (nSPS) is 18.4. The Balaban J connectivity index is 1.80. The van der Waals surface area contributed by atoms with Crippen molar-refractivity contribution in [1.29, 1.82) is 0 Å². The van der Waals surface area contributed by atoms with Crippen LogP contribution in [-0.2, 0) is 21.4 Å². The van der Waals surface area contributed by atoms with Crippen molar-refractivity contribution in [2.45, 2.75) is 51.5 Å². The zero-order chi connectivity index (χ0) is 15.5. The number of benzene rings is 1. The number of carbonyl (C=O) groups excluding carboxylic acids is 2. The van der Waals surface area contributed by atoms with E-state index in [0.29, 0.717) is 19.4 Å². The summed E-state index contributed by atoms with van der Waals surface area (Å²) in [6.07, 6.45) is 1.58. The molecule has 1 saturated heterocycles. The summed E-state index contributed by atoms with van der Waals surface area (Å²) in [7, 11) is 0. The van der Waals surface area contributed by atoms with Crippen LogP contribution in [0.1, 0.15) is 44.7 Å². The third-order valence-corrected chi connectivity index (χ3v) is 3.80. The molecule has 1 aliphatic heterocycles. The van der Waals surface area contributed by atoms with E-state index < -0.39 is 0 Å². The van der Waals surface area contributed by atoms with E-state index in [1.807, 2.05) is 0 Å². The summed E-state index contributed by atoms with van der Waals surface area (Å²) in [5.74, 6) is 0.0227. The molecule has 2 N–H and O–H groups in total. The zero-order valence-corrected chi connectivity index (χ0v) is 13.0. The highest BCUT2D eigenvalue weighted by Crippen LogP contribution is 2.22. The molecule has 0 saturated carbocycles. The second-order valence-corrected chi connectivity index (χ2v) is 6.72. The minimum Gasteiger partial charge on any atom is -0.354 e. The number of carbonyl (C=O) groups is 2. The Labute approximate surface area is 126 Å². The summed E-state index contributed by atoms with van der Waals surface area (Å²) in [5.41, 5.74) is 2.61. The van der Waals surface area contributed by atoms with Crippen molar-refractivity contribution in [1.82, 2.24) is 10.6 Å². The first-order valence-corrected chi connectivity index (χ1v) is 7.50. The van der Waals surface area contributed by atoms with Crippen LogP contribution >= 0.6 is 0 Å². The van der Waals surface area contributed by atoms with Crippen LogP contribution in [0, 0.1) is 0 Å². The molecule has 0 spiro atoms. The van der Waals surface area contributed by atoms with Crippen LogP contribution in [0.5, 0.6) is 0 Å². The summed E-state index contributed by atoms with van der Waals surface area (Å²) in [6, 6.07) is 8.40. The van der Waals surface area contributed by atoms with E-state index in [9.17, 15) is 9.59 Å². The number of aryl methyl sites for hydroxylation is 1. The van der Waals surface area contributed by atoms with Gasteiger partial charge in [-0.25, -0.2) is 0 Å². The summed E-state index contributed by atoms with van der Waals surface area (Å²) in [6.45, 7) is 7.11. The van der Waals surface area contributed by atoms with E-state index in [1.54, 1.807) is 0 Å². The van der Waals surface area contributed by atoms with Crippen molar-refractivity contribution in [2.75, 3.05) is 6.54 Å². The van der Waals surface area contributed by atoms with Gasteiger partial charge in [0.25, 0.3) is 0 Å². The molecule has 21 heavy (non-hydrogen) atoms. The minimum atomic E-state index is -0.0479. The highest BCUT2D eigenvalue weighted by atomic mass is 16.2. The number of nitrogens with one attached hydrogen (secondary N) is 2. The van der Waals surface area contributed by atoms with E-state index in [4.69, 9.17) is 0 Å². The lowest BCUT2D eigenvalue weighted by Crippen LogP contribution is -2.36. The van der Waals surface area contributed by atoms with Gasteiger partial charge in [0.05, 0.1) is 6.04 Å². The standard InChI is InChI=1S/C17H24N2O2/c1-17(2,3)13-7-4-12(5-8-13)6-9-15(20)19-14-10-16(21)18-11-14/h4-5,7-8,14H,6,9-11H2,1-3H3,(H,18,21)(H,19,20). The summed E-state index contributed by atoms with van der Waals surface area (Å²) in [4.78, 5) is 22.9. The van der Waals surface area contributed by atoms with Gasteiger partial charge in [0.1, 0.15) is 0 Å². The SMILES string of the molecule is CC(C)(C)c1ccc(CCC(=O)NC2CNC(=O)C2)cc1. The van der Waals surface area contributed by atoms with E-state index >= 15 is 0 Å². The van der Waals surface area contributed by atoms with E-state index in [2.05, 4.69) is 55.7 Å². The van der Waals surface area contributed by atoms with Gasteiger partial charge in [0.15, 0.2) is 0 Å². The molecule has 0 radical (unpaired) electrons. The quantitative estimate of drug-likeness (QED) is 0.889.